The van der Waals surface area contributed by atoms with Crippen LogP contribution in [0.25, 0.3) is 0 Å². The lowest BCUT2D eigenvalue weighted by atomic mass is 10.2. The van der Waals surface area contributed by atoms with Crippen LogP contribution in [-0.2, 0) is 32.2 Å². The summed E-state index contributed by atoms with van der Waals surface area (Å²) in [5, 5.41) is 2.00. The van der Waals surface area contributed by atoms with Crippen molar-refractivity contribution in [2.75, 3.05) is 59.7 Å². The number of amides is 2. The van der Waals surface area contributed by atoms with Gasteiger partial charge >= 0.3 is 0 Å². The zero-order valence-electron chi connectivity index (χ0n) is 19.3. The number of nitrogens with zero attached hydrogens (tertiary/aromatic N) is 3. The molecule has 3 rings (SSSR count). The predicted octanol–water partition coefficient (Wildman–Crippen LogP) is 2.53. The number of rotatable bonds is 11. The maximum atomic E-state index is 13.4. The number of aryl methyl sites for hydroxylation is 1. The van der Waals surface area contributed by atoms with Gasteiger partial charge < -0.3 is 19.3 Å². The maximum absolute atomic E-state index is 13.4. The smallest absolute Gasteiger partial charge is 0.249 e. The van der Waals surface area contributed by atoms with Crippen LogP contribution in [0.1, 0.15) is 16.0 Å². The molecule has 2 aromatic rings. The van der Waals surface area contributed by atoms with Crippen molar-refractivity contribution >= 4 is 23.2 Å². The zero-order valence-corrected chi connectivity index (χ0v) is 20.1. The molecule has 2 heterocycles. The Labute approximate surface area is 198 Å². The van der Waals surface area contributed by atoms with Crippen molar-refractivity contribution in [3.63, 3.8) is 0 Å². The van der Waals surface area contributed by atoms with Crippen LogP contribution in [0.3, 0.4) is 0 Å². The number of thiophene rings is 1. The fraction of sp³-hybridized carbons (Fsp3) is 0.500. The van der Waals surface area contributed by atoms with E-state index in [0.717, 1.165) is 29.1 Å². The lowest BCUT2D eigenvalue weighted by Crippen LogP contribution is -2.47. The van der Waals surface area contributed by atoms with Crippen molar-refractivity contribution < 1.29 is 23.5 Å². The molecule has 1 fully saturated rings. The van der Waals surface area contributed by atoms with E-state index in [2.05, 4.69) is 4.90 Å². The first-order valence-electron chi connectivity index (χ1n) is 11.1. The van der Waals surface area contributed by atoms with E-state index in [1.54, 1.807) is 33.3 Å². The molecule has 1 aliphatic rings. The van der Waals surface area contributed by atoms with Crippen LogP contribution in [0.2, 0.25) is 0 Å². The van der Waals surface area contributed by atoms with E-state index in [-0.39, 0.29) is 30.8 Å². The fourth-order valence-corrected chi connectivity index (χ4v) is 4.56. The summed E-state index contributed by atoms with van der Waals surface area (Å²) < 4.78 is 23.8. The lowest BCUT2D eigenvalue weighted by Gasteiger charge is -2.31. The Morgan fingerprint density at radius 2 is 1.82 bits per heavy atom. The minimum atomic E-state index is -0.315. The van der Waals surface area contributed by atoms with Gasteiger partial charge in [-0.15, -0.1) is 11.3 Å². The lowest BCUT2D eigenvalue weighted by molar-refractivity contribution is -0.143. The Morgan fingerprint density at radius 3 is 2.45 bits per heavy atom. The first-order chi connectivity index (χ1) is 16.0. The van der Waals surface area contributed by atoms with Crippen LogP contribution in [-0.4, -0.2) is 86.2 Å². The number of benzene rings is 1. The molecule has 9 heteroatoms. The standard InChI is InChI=1S/C24H32FN3O4S/c1-19-7-14-33-22(19)16-28(15-20-3-5-21(25)6-4-20)23(29)17-27(24(30)18-31-2)9-8-26-10-12-32-13-11-26/h3-7,14H,8-13,15-18H2,1-2H3. The van der Waals surface area contributed by atoms with Gasteiger partial charge in [-0.3, -0.25) is 14.5 Å². The van der Waals surface area contributed by atoms with Gasteiger partial charge in [0, 0.05) is 44.7 Å². The van der Waals surface area contributed by atoms with E-state index in [1.807, 2.05) is 18.4 Å². The van der Waals surface area contributed by atoms with Gasteiger partial charge in [-0.05, 0) is 41.6 Å². The number of ether oxygens (including phenoxy) is 2. The second kappa shape index (κ2) is 12.8. The molecule has 33 heavy (non-hydrogen) atoms. The second-order valence-electron chi connectivity index (χ2n) is 8.11. The molecule has 0 aliphatic carbocycles. The van der Waals surface area contributed by atoms with Gasteiger partial charge in [0.25, 0.3) is 0 Å². The highest BCUT2D eigenvalue weighted by molar-refractivity contribution is 7.10. The highest BCUT2D eigenvalue weighted by Gasteiger charge is 2.23. The fourth-order valence-electron chi connectivity index (χ4n) is 3.64. The van der Waals surface area contributed by atoms with Crippen LogP contribution in [0.15, 0.2) is 35.7 Å². The maximum Gasteiger partial charge on any atom is 0.249 e. The molecule has 0 unspecified atom stereocenters. The number of carbonyl (C=O) groups is 2. The Hall–Kier alpha value is -2.33. The highest BCUT2D eigenvalue weighted by Crippen LogP contribution is 2.20. The molecule has 0 saturated carbocycles. The summed E-state index contributed by atoms with van der Waals surface area (Å²) in [7, 11) is 1.47. The number of morpholine rings is 1. The van der Waals surface area contributed by atoms with Crippen LogP contribution in [0.4, 0.5) is 4.39 Å². The van der Waals surface area contributed by atoms with Gasteiger partial charge in [0.15, 0.2) is 0 Å². The van der Waals surface area contributed by atoms with E-state index < -0.39 is 0 Å². The van der Waals surface area contributed by atoms with E-state index in [4.69, 9.17) is 9.47 Å². The molecular formula is C24H32FN3O4S. The van der Waals surface area contributed by atoms with Crippen LogP contribution < -0.4 is 0 Å². The largest absolute Gasteiger partial charge is 0.379 e. The molecule has 0 N–H and O–H groups in total. The van der Waals surface area contributed by atoms with E-state index in [0.29, 0.717) is 39.4 Å². The Kier molecular flexibility index (Phi) is 9.80. The van der Waals surface area contributed by atoms with E-state index in [1.165, 1.54) is 19.2 Å². The minimum absolute atomic E-state index is 0.0296. The topological polar surface area (TPSA) is 62.3 Å². The van der Waals surface area contributed by atoms with Crippen LogP contribution >= 0.6 is 11.3 Å². The molecule has 1 aromatic carbocycles. The zero-order chi connectivity index (χ0) is 23.6. The Balaban J connectivity index is 1.71. The molecule has 0 radical (unpaired) electrons. The Morgan fingerprint density at radius 1 is 1.09 bits per heavy atom. The molecule has 7 nitrogen and oxygen atoms in total. The summed E-state index contributed by atoms with van der Waals surface area (Å²) >= 11 is 1.60. The summed E-state index contributed by atoms with van der Waals surface area (Å²) in [6.45, 7) is 6.79. The second-order valence-corrected chi connectivity index (χ2v) is 9.11. The van der Waals surface area contributed by atoms with Crippen molar-refractivity contribution in [3.05, 3.63) is 57.5 Å². The van der Waals surface area contributed by atoms with Crippen molar-refractivity contribution in [2.24, 2.45) is 0 Å². The van der Waals surface area contributed by atoms with Crippen LogP contribution in [0, 0.1) is 12.7 Å². The number of hydrogen-bond donors (Lipinski definition) is 0. The van der Waals surface area contributed by atoms with E-state index >= 15 is 0 Å². The molecular weight excluding hydrogens is 445 g/mol. The third-order valence-corrected chi connectivity index (χ3v) is 6.69. The SMILES string of the molecule is COCC(=O)N(CCN1CCOCC1)CC(=O)N(Cc1ccc(F)cc1)Cc1sccc1C. The number of halogens is 1. The van der Waals surface area contributed by atoms with Crippen molar-refractivity contribution in [3.8, 4) is 0 Å². The summed E-state index contributed by atoms with van der Waals surface area (Å²) in [4.78, 5) is 32.7. The molecule has 0 atom stereocenters. The van der Waals surface area contributed by atoms with Crippen molar-refractivity contribution in [1.29, 1.82) is 0 Å². The van der Waals surface area contributed by atoms with Gasteiger partial charge in [-0.2, -0.15) is 0 Å². The molecule has 0 bridgehead atoms. The predicted molar refractivity (Wildman–Crippen MR) is 125 cm³/mol. The normalized spacial score (nSPS) is 14.3. The average Bonchev–Trinajstić information content (AvgIpc) is 3.22. The number of methoxy groups -OCH3 is 1. The highest BCUT2D eigenvalue weighted by atomic mass is 32.1. The van der Waals surface area contributed by atoms with Gasteiger partial charge in [0.2, 0.25) is 11.8 Å². The summed E-state index contributed by atoms with van der Waals surface area (Å²) in [5.74, 6) is -0.683. The summed E-state index contributed by atoms with van der Waals surface area (Å²) in [6, 6.07) is 8.18. The first-order valence-corrected chi connectivity index (χ1v) is 12.0. The molecule has 180 valence electrons. The summed E-state index contributed by atoms with van der Waals surface area (Å²) in [6.07, 6.45) is 0. The molecule has 1 saturated heterocycles. The number of hydrogen-bond acceptors (Lipinski definition) is 6. The summed E-state index contributed by atoms with van der Waals surface area (Å²) in [5.41, 5.74) is 1.96. The molecule has 0 spiro atoms. The van der Waals surface area contributed by atoms with Crippen molar-refractivity contribution in [2.45, 2.75) is 20.0 Å². The van der Waals surface area contributed by atoms with Crippen LogP contribution in [0.5, 0.6) is 0 Å². The van der Waals surface area contributed by atoms with Gasteiger partial charge in [-0.25, -0.2) is 4.39 Å². The molecule has 2 amide bonds. The third-order valence-electron chi connectivity index (χ3n) is 5.68. The monoisotopic (exact) mass is 477 g/mol. The van der Waals surface area contributed by atoms with Gasteiger partial charge in [0.1, 0.15) is 12.4 Å². The quantitative estimate of drug-likeness (QED) is 0.498. The van der Waals surface area contributed by atoms with Gasteiger partial charge in [0.05, 0.1) is 26.3 Å². The van der Waals surface area contributed by atoms with Gasteiger partial charge in [-0.1, -0.05) is 12.1 Å². The average molecular weight is 478 g/mol. The molecule has 1 aliphatic heterocycles. The minimum Gasteiger partial charge on any atom is -0.379 e. The third kappa shape index (κ3) is 7.89. The molecule has 1 aromatic heterocycles. The van der Waals surface area contributed by atoms with E-state index in [9.17, 15) is 14.0 Å². The Bertz CT molecular complexity index is 899. The first kappa shape index (κ1) is 25.3. The number of carbonyl (C=O) groups excluding carboxylic acids is 2. The van der Waals surface area contributed by atoms with Crippen molar-refractivity contribution in [1.82, 2.24) is 14.7 Å².